The lowest BCUT2D eigenvalue weighted by atomic mass is 10.1. The van der Waals surface area contributed by atoms with Crippen LogP contribution < -0.4 is 0 Å². The molecule has 17 nitrogen and oxygen atoms in total. The number of hydrogen-bond acceptors (Lipinski definition) is 15. The predicted octanol–water partition coefficient (Wildman–Crippen LogP) is 23.9. The summed E-state index contributed by atoms with van der Waals surface area (Å²) in [7, 11) is -10.0. The molecule has 0 fully saturated rings. The van der Waals surface area contributed by atoms with Gasteiger partial charge in [0.05, 0.1) is 26.4 Å². The highest BCUT2D eigenvalue weighted by molar-refractivity contribution is 7.47. The lowest BCUT2D eigenvalue weighted by Gasteiger charge is -2.21. The average Bonchev–Trinajstić information content (AvgIpc) is 0.906. The van der Waals surface area contributed by atoms with Gasteiger partial charge in [-0.05, 0) is 173 Å². The van der Waals surface area contributed by atoms with Crippen molar-refractivity contribution < 1.29 is 80.2 Å². The second-order valence-electron chi connectivity index (χ2n) is 25.8. The maximum Gasteiger partial charge on any atom is 0.472 e. The summed E-state index contributed by atoms with van der Waals surface area (Å²) in [6.07, 6.45) is 98.2. The Balaban J connectivity index is 5.53. The van der Waals surface area contributed by atoms with Crippen LogP contribution in [0.2, 0.25) is 0 Å². The van der Waals surface area contributed by atoms with Crippen LogP contribution >= 0.6 is 15.6 Å². The molecular weight excluding hydrogens is 1400 g/mol. The van der Waals surface area contributed by atoms with E-state index in [1.807, 2.05) is 18.2 Å². The van der Waals surface area contributed by atoms with Gasteiger partial charge < -0.3 is 33.8 Å². The number of esters is 4. The van der Waals surface area contributed by atoms with Crippen molar-refractivity contribution in [2.24, 2.45) is 0 Å². The number of ether oxygens (including phenoxy) is 4. The Bertz CT molecular complexity index is 2860. The van der Waals surface area contributed by atoms with Gasteiger partial charge in [0.25, 0.3) is 0 Å². The summed E-state index contributed by atoms with van der Waals surface area (Å²) in [6.45, 7) is 4.22. The third kappa shape index (κ3) is 77.8. The summed E-state index contributed by atoms with van der Waals surface area (Å²) in [4.78, 5) is 73.1. The number of phosphoric acid groups is 2. The molecule has 5 unspecified atom stereocenters. The SMILES string of the molecule is CC/C=C\C/C=C\C/C=C\C/C=C\C/C=C\C/C=C\CCC(=O)OCC(COP(=O)(O)OCC(O)COP(=O)(O)OCC(COC(=O)CCCCCC/C=C\C/C=C\C/C=C\C/C=C\CC)OC(=O)CCCC/C=C\C/C=C\C/C=C\C/C=C\CC)OC(=O)CCCCCCCCC/C=C\C/C=C\C/C=C\CC. The zero-order valence-corrected chi connectivity index (χ0v) is 68.2. The molecule has 0 radical (unpaired) electrons. The molecule has 3 N–H and O–H groups in total. The van der Waals surface area contributed by atoms with E-state index in [0.717, 1.165) is 180 Å². The normalized spacial score (nSPS) is 14.9. The molecule has 19 heteroatoms. The fourth-order valence-corrected chi connectivity index (χ4v) is 11.3. The van der Waals surface area contributed by atoms with Crippen LogP contribution in [0.25, 0.3) is 0 Å². The lowest BCUT2D eigenvalue weighted by Crippen LogP contribution is -2.30. The average molecular weight is 1540 g/mol. The van der Waals surface area contributed by atoms with Crippen molar-refractivity contribution in [1.29, 1.82) is 0 Å². The summed E-state index contributed by atoms with van der Waals surface area (Å²) in [6, 6.07) is 0. The van der Waals surface area contributed by atoms with E-state index in [9.17, 15) is 43.2 Å². The number of hydrogen-bond donors (Lipinski definition) is 3. The van der Waals surface area contributed by atoms with Gasteiger partial charge in [0.2, 0.25) is 0 Å². The van der Waals surface area contributed by atoms with Crippen LogP contribution in [0.5, 0.6) is 0 Å². The largest absolute Gasteiger partial charge is 0.472 e. The van der Waals surface area contributed by atoms with E-state index in [4.69, 9.17) is 37.0 Å². The van der Waals surface area contributed by atoms with Crippen molar-refractivity contribution in [3.05, 3.63) is 207 Å². The summed E-state index contributed by atoms with van der Waals surface area (Å²) < 4.78 is 68.5. The van der Waals surface area contributed by atoms with Crippen molar-refractivity contribution in [2.45, 2.75) is 290 Å². The molecule has 0 aliphatic heterocycles. The highest BCUT2D eigenvalue weighted by Gasteiger charge is 2.30. The summed E-state index contributed by atoms with van der Waals surface area (Å²) >= 11 is 0. The highest BCUT2D eigenvalue weighted by atomic mass is 31.2. The Morgan fingerprint density at radius 1 is 0.259 bits per heavy atom. The Kier molecular flexibility index (Phi) is 74.1. The first-order valence-corrected chi connectivity index (χ1v) is 43.3. The third-order valence-electron chi connectivity index (χ3n) is 15.7. The fourth-order valence-electron chi connectivity index (χ4n) is 9.77. The minimum Gasteiger partial charge on any atom is -0.462 e. The minimum atomic E-state index is -5.02. The van der Waals surface area contributed by atoms with Crippen molar-refractivity contribution in [1.82, 2.24) is 0 Å². The van der Waals surface area contributed by atoms with Crippen molar-refractivity contribution in [3.63, 3.8) is 0 Å². The molecule has 0 saturated heterocycles. The Morgan fingerprint density at radius 2 is 0.472 bits per heavy atom. The smallest absolute Gasteiger partial charge is 0.462 e. The molecule has 0 amide bonds. The van der Waals surface area contributed by atoms with Gasteiger partial charge in [-0.25, -0.2) is 9.13 Å². The Morgan fingerprint density at radius 3 is 0.769 bits per heavy atom. The van der Waals surface area contributed by atoms with Crippen LogP contribution in [0.15, 0.2) is 207 Å². The first-order chi connectivity index (χ1) is 52.7. The minimum absolute atomic E-state index is 0.0243. The number of aliphatic hydroxyl groups is 1. The molecule has 0 rings (SSSR count). The van der Waals surface area contributed by atoms with Gasteiger partial charge in [-0.15, -0.1) is 0 Å². The molecule has 5 atom stereocenters. The highest BCUT2D eigenvalue weighted by Crippen LogP contribution is 2.45. The molecule has 0 saturated carbocycles. The molecule has 0 aromatic rings. The van der Waals surface area contributed by atoms with Gasteiger partial charge in [0, 0.05) is 25.7 Å². The zero-order chi connectivity index (χ0) is 78.9. The van der Waals surface area contributed by atoms with E-state index in [1.54, 1.807) is 0 Å². The first kappa shape index (κ1) is 102. The number of phosphoric ester groups is 2. The molecule has 0 aliphatic carbocycles. The second kappa shape index (κ2) is 78.8. The molecule has 108 heavy (non-hydrogen) atoms. The molecule has 0 aromatic heterocycles. The number of allylic oxidation sites excluding steroid dienone is 34. The van der Waals surface area contributed by atoms with Gasteiger partial charge in [0.15, 0.2) is 12.2 Å². The maximum atomic E-state index is 13.1. The van der Waals surface area contributed by atoms with Crippen molar-refractivity contribution in [2.75, 3.05) is 39.6 Å². The van der Waals surface area contributed by atoms with Crippen molar-refractivity contribution in [3.8, 4) is 0 Å². The van der Waals surface area contributed by atoms with Gasteiger partial charge in [-0.2, -0.15) is 0 Å². The Hall–Kier alpha value is -6.36. The topological polar surface area (TPSA) is 237 Å². The van der Waals surface area contributed by atoms with Crippen LogP contribution in [-0.2, 0) is 65.4 Å². The van der Waals surface area contributed by atoms with Gasteiger partial charge in [0.1, 0.15) is 19.3 Å². The molecule has 0 heterocycles. The van der Waals surface area contributed by atoms with Crippen molar-refractivity contribution >= 4 is 39.5 Å². The molecule has 608 valence electrons. The molecule has 0 bridgehead atoms. The number of rotatable bonds is 73. The van der Waals surface area contributed by atoms with E-state index in [1.165, 1.54) is 0 Å². The van der Waals surface area contributed by atoms with Gasteiger partial charge in [-0.1, -0.05) is 279 Å². The first-order valence-electron chi connectivity index (χ1n) is 40.3. The van der Waals surface area contributed by atoms with Crippen LogP contribution in [0, 0.1) is 0 Å². The summed E-state index contributed by atoms with van der Waals surface area (Å²) in [5.74, 6) is -2.38. The molecule has 0 spiro atoms. The van der Waals surface area contributed by atoms with Crippen LogP contribution in [-0.4, -0.2) is 96.7 Å². The number of aliphatic hydroxyl groups excluding tert-OH is 1. The monoisotopic (exact) mass is 1540 g/mol. The van der Waals surface area contributed by atoms with E-state index < -0.39 is 97.5 Å². The number of unbranched alkanes of at least 4 members (excludes halogenated alkanes) is 13. The van der Waals surface area contributed by atoms with E-state index in [-0.39, 0.29) is 25.7 Å². The van der Waals surface area contributed by atoms with Crippen LogP contribution in [0.1, 0.15) is 272 Å². The number of carbonyl (C=O) groups excluding carboxylic acids is 4. The standard InChI is InChI=1S/C89H140O17P2/c1-5-9-13-17-21-25-29-33-37-40-41-44-47-50-54-58-62-66-70-74-87(92)100-80-85(106-89(94)76-72-68-64-60-56-52-48-43-39-35-31-27-23-19-15-11-7-3)82-104-108(97,98)102-78-83(90)77-101-107(95,96)103-81-84(105-88(93)75-71-67-63-59-55-51-45-36-32-28-24-20-16-12-8-4)79-99-86(91)73-69-65-61-57-53-49-46-42-38-34-30-26-22-18-14-10-6-2/h9-16,21-28,33-39,41,44-46,49-50,54-55,59,62,66,83-85,90H,5-8,17-20,29-32,40,42-43,47-48,51-53,56-58,60-61,63-65,67-82H2,1-4H3,(H,95,96)(H,97,98)/b13-9-,14-10-,15-11-,16-12-,25-21-,26-22-,27-23-,28-24-,37-33-,38-34-,39-35-,44-41-,45-36-,49-46-,54-50-,59-55-,66-62-. The second-order valence-corrected chi connectivity index (χ2v) is 28.7. The molecular formula is C89H140O17P2. The Labute approximate surface area is 652 Å². The molecule has 0 aliphatic rings. The quantitative estimate of drug-likeness (QED) is 0.0169. The summed E-state index contributed by atoms with van der Waals surface area (Å²) in [5, 5.41) is 10.7. The third-order valence-corrected chi connectivity index (χ3v) is 17.6. The lowest BCUT2D eigenvalue weighted by molar-refractivity contribution is -0.161. The van der Waals surface area contributed by atoms with E-state index in [2.05, 4.69) is 216 Å². The molecule has 0 aromatic carbocycles. The maximum absolute atomic E-state index is 13.1. The predicted molar refractivity (Wildman–Crippen MR) is 445 cm³/mol. The van der Waals surface area contributed by atoms with Gasteiger partial charge >= 0.3 is 39.5 Å². The van der Waals surface area contributed by atoms with Crippen LogP contribution in [0.3, 0.4) is 0 Å². The van der Waals surface area contributed by atoms with Gasteiger partial charge in [-0.3, -0.25) is 37.3 Å². The zero-order valence-electron chi connectivity index (χ0n) is 66.4. The fraction of sp³-hybridized carbons (Fsp3) is 0.573. The van der Waals surface area contributed by atoms with E-state index in [0.29, 0.717) is 38.5 Å². The number of carbonyl (C=O) groups is 4. The van der Waals surface area contributed by atoms with E-state index >= 15 is 0 Å². The van der Waals surface area contributed by atoms with Crippen LogP contribution in [0.4, 0.5) is 0 Å². The summed E-state index contributed by atoms with van der Waals surface area (Å²) in [5.41, 5.74) is 0.